The number of rotatable bonds is 2. The molecule has 0 aliphatic heterocycles. The van der Waals surface area contributed by atoms with E-state index in [1.807, 2.05) is 20.8 Å². The summed E-state index contributed by atoms with van der Waals surface area (Å²) in [6.45, 7) is 6.07. The SMILES string of the molecule is CC(C)(C)c1[nH]cnc1/C=c1\[nH]c(=O)/c(=C/c2sccc2O)[nH]c1=O. The molecule has 7 nitrogen and oxygen atoms in total. The van der Waals surface area contributed by atoms with Crippen LogP contribution in [0, 0.1) is 0 Å². The molecular weight excluding hydrogens is 340 g/mol. The van der Waals surface area contributed by atoms with Gasteiger partial charge in [0.1, 0.15) is 16.4 Å². The largest absolute Gasteiger partial charge is 0.506 e. The van der Waals surface area contributed by atoms with Crippen molar-refractivity contribution in [3.63, 3.8) is 0 Å². The average Bonchev–Trinajstić information content (AvgIpc) is 3.13. The van der Waals surface area contributed by atoms with E-state index in [-0.39, 0.29) is 21.9 Å². The summed E-state index contributed by atoms with van der Waals surface area (Å²) in [6.07, 6.45) is 4.54. The zero-order chi connectivity index (χ0) is 18.2. The Morgan fingerprint density at radius 2 is 1.76 bits per heavy atom. The third-order valence-corrected chi connectivity index (χ3v) is 4.49. The van der Waals surface area contributed by atoms with Crippen molar-refractivity contribution in [3.05, 3.63) is 65.4 Å². The fourth-order valence-corrected chi connectivity index (χ4v) is 3.12. The second kappa shape index (κ2) is 6.21. The van der Waals surface area contributed by atoms with Crippen LogP contribution in [0.15, 0.2) is 27.4 Å². The molecule has 0 fully saturated rings. The number of nitrogens with one attached hydrogen (secondary N) is 3. The first-order chi connectivity index (χ1) is 11.8. The van der Waals surface area contributed by atoms with E-state index in [0.717, 1.165) is 5.69 Å². The molecule has 3 heterocycles. The van der Waals surface area contributed by atoms with Crippen molar-refractivity contribution in [3.8, 4) is 5.75 Å². The van der Waals surface area contributed by atoms with Crippen LogP contribution in [0.1, 0.15) is 37.0 Å². The first kappa shape index (κ1) is 17.0. The Kier molecular flexibility index (Phi) is 4.22. The Hall–Kier alpha value is -2.87. The van der Waals surface area contributed by atoms with Crippen LogP contribution in [0.2, 0.25) is 0 Å². The van der Waals surface area contributed by atoms with Crippen LogP contribution in [-0.4, -0.2) is 25.0 Å². The minimum absolute atomic E-state index is 0.0622. The molecule has 0 bridgehead atoms. The molecule has 0 atom stereocenters. The number of imidazole rings is 1. The first-order valence-corrected chi connectivity index (χ1v) is 8.50. The molecule has 3 aromatic rings. The highest BCUT2D eigenvalue weighted by Gasteiger charge is 2.19. The molecule has 0 aromatic carbocycles. The fraction of sp³-hybridized carbons (Fsp3) is 0.235. The molecule has 130 valence electrons. The zero-order valence-electron chi connectivity index (χ0n) is 14.0. The van der Waals surface area contributed by atoms with Crippen LogP contribution in [0.3, 0.4) is 0 Å². The quantitative estimate of drug-likeness (QED) is 0.534. The molecule has 8 heteroatoms. The maximum Gasteiger partial charge on any atom is 0.272 e. The Morgan fingerprint density at radius 3 is 2.32 bits per heavy atom. The van der Waals surface area contributed by atoms with Crippen molar-refractivity contribution in [2.75, 3.05) is 0 Å². The lowest BCUT2D eigenvalue weighted by Gasteiger charge is -2.16. The summed E-state index contributed by atoms with van der Waals surface area (Å²) in [5, 5.41) is 11.6. The van der Waals surface area contributed by atoms with Gasteiger partial charge in [-0.05, 0) is 23.6 Å². The maximum absolute atomic E-state index is 12.3. The van der Waals surface area contributed by atoms with E-state index >= 15 is 0 Å². The summed E-state index contributed by atoms with van der Waals surface area (Å²) < 4.78 is 0. The van der Waals surface area contributed by atoms with Gasteiger partial charge in [0.2, 0.25) is 0 Å². The van der Waals surface area contributed by atoms with Gasteiger partial charge >= 0.3 is 0 Å². The smallest absolute Gasteiger partial charge is 0.272 e. The molecule has 0 amide bonds. The van der Waals surface area contributed by atoms with Gasteiger partial charge in [0.05, 0.1) is 16.9 Å². The molecular formula is C17H18N4O3S. The number of aromatic amines is 3. The summed E-state index contributed by atoms with van der Waals surface area (Å²) in [5.74, 6) is 0.0622. The van der Waals surface area contributed by atoms with Crippen LogP contribution >= 0.6 is 11.3 Å². The van der Waals surface area contributed by atoms with E-state index in [4.69, 9.17) is 0 Å². The van der Waals surface area contributed by atoms with Gasteiger partial charge in [0, 0.05) is 11.1 Å². The van der Waals surface area contributed by atoms with Crippen molar-refractivity contribution >= 4 is 23.5 Å². The zero-order valence-corrected chi connectivity index (χ0v) is 14.8. The molecule has 0 spiro atoms. The van der Waals surface area contributed by atoms with E-state index in [9.17, 15) is 14.7 Å². The van der Waals surface area contributed by atoms with Crippen LogP contribution < -0.4 is 21.8 Å². The standard InChI is InChI=1S/C17H18N4O3S/c1-17(2,3)14-9(18-8-19-14)6-10-15(23)21-11(16(24)20-10)7-13-12(22)4-5-25-13/h4-8,22H,1-3H3,(H,18,19)(H,20,24)(H,21,23)/b10-6-,11-7-. The van der Waals surface area contributed by atoms with Gasteiger partial charge in [-0.2, -0.15) is 0 Å². The fourth-order valence-electron chi connectivity index (χ4n) is 2.40. The predicted octanol–water partition coefficient (Wildman–Crippen LogP) is 0.508. The van der Waals surface area contributed by atoms with Crippen molar-refractivity contribution in [1.29, 1.82) is 0 Å². The van der Waals surface area contributed by atoms with Crippen LogP contribution in [0.4, 0.5) is 0 Å². The van der Waals surface area contributed by atoms with Crippen LogP contribution in [-0.2, 0) is 5.41 Å². The van der Waals surface area contributed by atoms with Gasteiger partial charge in [0.15, 0.2) is 0 Å². The van der Waals surface area contributed by atoms with Gasteiger partial charge in [0.25, 0.3) is 11.1 Å². The highest BCUT2D eigenvalue weighted by molar-refractivity contribution is 7.11. The normalized spacial score (nSPS) is 13.6. The van der Waals surface area contributed by atoms with E-state index in [2.05, 4.69) is 19.9 Å². The number of H-pyrrole nitrogens is 3. The Balaban J connectivity index is 2.16. The summed E-state index contributed by atoms with van der Waals surface area (Å²) in [6, 6.07) is 1.52. The summed E-state index contributed by atoms with van der Waals surface area (Å²) >= 11 is 1.27. The number of thiophene rings is 1. The molecule has 25 heavy (non-hydrogen) atoms. The van der Waals surface area contributed by atoms with E-state index < -0.39 is 11.1 Å². The molecule has 3 rings (SSSR count). The van der Waals surface area contributed by atoms with Crippen LogP contribution in [0.25, 0.3) is 12.2 Å². The lowest BCUT2D eigenvalue weighted by atomic mass is 9.90. The number of aromatic hydroxyl groups is 1. The molecule has 0 saturated heterocycles. The molecule has 0 saturated carbocycles. The van der Waals surface area contributed by atoms with Gasteiger partial charge in [-0.1, -0.05) is 20.8 Å². The molecule has 0 aliphatic rings. The van der Waals surface area contributed by atoms with Gasteiger partial charge in [-0.3, -0.25) is 9.59 Å². The second-order valence-corrected chi connectivity index (χ2v) is 7.55. The van der Waals surface area contributed by atoms with Crippen LogP contribution in [0.5, 0.6) is 5.75 Å². The highest BCUT2D eigenvalue weighted by Crippen LogP contribution is 2.23. The van der Waals surface area contributed by atoms with E-state index in [0.29, 0.717) is 10.6 Å². The number of nitrogens with zero attached hydrogens (tertiary/aromatic N) is 1. The third kappa shape index (κ3) is 3.48. The Morgan fingerprint density at radius 1 is 1.12 bits per heavy atom. The minimum Gasteiger partial charge on any atom is -0.506 e. The summed E-state index contributed by atoms with van der Waals surface area (Å²) in [4.78, 5) is 37.5. The molecule has 0 radical (unpaired) electrons. The lowest BCUT2D eigenvalue weighted by Crippen LogP contribution is -2.46. The van der Waals surface area contributed by atoms with Crippen molar-refractivity contribution < 1.29 is 5.11 Å². The second-order valence-electron chi connectivity index (χ2n) is 6.61. The maximum atomic E-state index is 12.3. The van der Waals surface area contributed by atoms with Crippen molar-refractivity contribution in [2.24, 2.45) is 0 Å². The number of hydrogen-bond donors (Lipinski definition) is 4. The number of hydrogen-bond acceptors (Lipinski definition) is 5. The monoisotopic (exact) mass is 358 g/mol. The minimum atomic E-state index is -0.452. The molecule has 0 aliphatic carbocycles. The average molecular weight is 358 g/mol. The van der Waals surface area contributed by atoms with E-state index in [1.165, 1.54) is 23.5 Å². The molecule has 0 unspecified atom stereocenters. The topological polar surface area (TPSA) is 115 Å². The Bertz CT molecular complexity index is 1140. The Labute approximate surface area is 146 Å². The van der Waals surface area contributed by atoms with Gasteiger partial charge in [-0.25, -0.2) is 4.98 Å². The molecule has 3 aromatic heterocycles. The summed E-state index contributed by atoms with van der Waals surface area (Å²) in [7, 11) is 0. The van der Waals surface area contributed by atoms with E-state index in [1.54, 1.807) is 17.8 Å². The van der Waals surface area contributed by atoms with Crippen molar-refractivity contribution in [1.82, 2.24) is 19.9 Å². The van der Waals surface area contributed by atoms with Gasteiger partial charge < -0.3 is 20.1 Å². The number of aromatic nitrogens is 4. The third-order valence-electron chi connectivity index (χ3n) is 3.63. The first-order valence-electron chi connectivity index (χ1n) is 7.62. The van der Waals surface area contributed by atoms with Gasteiger partial charge in [-0.15, -0.1) is 11.3 Å². The predicted molar refractivity (Wildman–Crippen MR) is 97.3 cm³/mol. The van der Waals surface area contributed by atoms with Crippen molar-refractivity contribution in [2.45, 2.75) is 26.2 Å². The summed E-state index contributed by atoms with van der Waals surface area (Å²) in [5.41, 5.74) is 0.393. The molecule has 4 N–H and O–H groups in total. The highest BCUT2D eigenvalue weighted by atomic mass is 32.1. The lowest BCUT2D eigenvalue weighted by molar-refractivity contribution is 0.477.